The molecule has 8 heteroatoms. The van der Waals surface area contributed by atoms with Crippen molar-refractivity contribution in [3.8, 4) is 0 Å². The Morgan fingerprint density at radius 3 is 2.63 bits per heavy atom. The predicted octanol–water partition coefficient (Wildman–Crippen LogP) is -0.331. The van der Waals surface area contributed by atoms with Gasteiger partial charge in [-0.15, -0.1) is 0 Å². The number of aromatic nitrogens is 1. The van der Waals surface area contributed by atoms with E-state index in [1.54, 1.807) is 0 Å². The topological polar surface area (TPSA) is 122 Å². The van der Waals surface area contributed by atoms with Crippen LogP contribution in [0.5, 0.6) is 0 Å². The van der Waals surface area contributed by atoms with Crippen molar-refractivity contribution < 1.29 is 23.9 Å². The number of rotatable bonds is 6. The van der Waals surface area contributed by atoms with Gasteiger partial charge in [0, 0.05) is 12.6 Å². The van der Waals surface area contributed by atoms with Gasteiger partial charge in [-0.05, 0) is 12.5 Å². The number of carboxylic acid groups (broad SMARTS) is 1. The van der Waals surface area contributed by atoms with E-state index in [4.69, 9.17) is 10.8 Å². The molecule has 1 rings (SSSR count). The Morgan fingerprint density at radius 1 is 1.42 bits per heavy atom. The number of hydrogen-bond donors (Lipinski definition) is 3. The molecule has 0 spiro atoms. The molecule has 0 saturated carbocycles. The molecule has 0 aliphatic heterocycles. The minimum Gasteiger partial charge on any atom is -0.480 e. The van der Waals surface area contributed by atoms with Crippen molar-refractivity contribution in [1.29, 1.82) is 0 Å². The molecule has 19 heavy (non-hydrogen) atoms. The molecule has 0 aliphatic carbocycles. The Bertz CT molecular complexity index is 506. The summed E-state index contributed by atoms with van der Waals surface area (Å²) in [5, 5.41) is 11.0. The van der Waals surface area contributed by atoms with Crippen LogP contribution < -0.4 is 11.1 Å². The maximum atomic E-state index is 12.9. The highest BCUT2D eigenvalue weighted by atomic mass is 19.1. The number of carbonyl (C=O) groups is 3. The summed E-state index contributed by atoms with van der Waals surface area (Å²) in [6, 6.07) is -0.349. The SMILES string of the molecule is NC(=O)CCC(NC(=O)c1cncc(F)c1)C(=O)O. The molecular weight excluding hydrogens is 257 g/mol. The zero-order valence-electron chi connectivity index (χ0n) is 9.80. The lowest BCUT2D eigenvalue weighted by molar-refractivity contribution is -0.139. The van der Waals surface area contributed by atoms with Gasteiger partial charge < -0.3 is 16.2 Å². The highest BCUT2D eigenvalue weighted by molar-refractivity contribution is 5.96. The van der Waals surface area contributed by atoms with E-state index in [0.29, 0.717) is 0 Å². The number of pyridine rings is 1. The van der Waals surface area contributed by atoms with Crippen molar-refractivity contribution in [2.75, 3.05) is 0 Å². The Hall–Kier alpha value is -2.51. The number of aliphatic carboxylic acids is 1. The molecule has 0 fully saturated rings. The van der Waals surface area contributed by atoms with Gasteiger partial charge in [-0.3, -0.25) is 14.6 Å². The molecule has 2 amide bonds. The smallest absolute Gasteiger partial charge is 0.326 e. The molecule has 4 N–H and O–H groups in total. The van der Waals surface area contributed by atoms with Crippen LogP contribution in [0.15, 0.2) is 18.5 Å². The number of nitrogens with two attached hydrogens (primary N) is 1. The van der Waals surface area contributed by atoms with Crippen molar-refractivity contribution in [3.05, 3.63) is 29.8 Å². The molecule has 1 unspecified atom stereocenters. The Morgan fingerprint density at radius 2 is 2.11 bits per heavy atom. The van der Waals surface area contributed by atoms with Crippen molar-refractivity contribution in [2.24, 2.45) is 5.73 Å². The van der Waals surface area contributed by atoms with Gasteiger partial charge in [-0.25, -0.2) is 9.18 Å². The van der Waals surface area contributed by atoms with E-state index in [1.807, 2.05) is 0 Å². The number of primary amides is 1. The van der Waals surface area contributed by atoms with Crippen molar-refractivity contribution >= 4 is 17.8 Å². The lowest BCUT2D eigenvalue weighted by Crippen LogP contribution is -2.41. The van der Waals surface area contributed by atoms with Gasteiger partial charge in [0.25, 0.3) is 5.91 Å². The van der Waals surface area contributed by atoms with E-state index in [1.165, 1.54) is 0 Å². The van der Waals surface area contributed by atoms with Gasteiger partial charge in [0.15, 0.2) is 0 Å². The summed E-state index contributed by atoms with van der Waals surface area (Å²) in [5.74, 6) is -3.48. The van der Waals surface area contributed by atoms with E-state index in [9.17, 15) is 18.8 Å². The number of nitrogens with zero attached hydrogens (tertiary/aromatic N) is 1. The molecule has 1 aromatic heterocycles. The predicted molar refractivity (Wildman–Crippen MR) is 61.5 cm³/mol. The number of hydrogen-bond acceptors (Lipinski definition) is 4. The second-order valence-electron chi connectivity index (χ2n) is 3.76. The fourth-order valence-corrected chi connectivity index (χ4v) is 1.32. The Kier molecular flexibility index (Phi) is 4.92. The normalized spacial score (nSPS) is 11.6. The van der Waals surface area contributed by atoms with Gasteiger partial charge >= 0.3 is 5.97 Å². The van der Waals surface area contributed by atoms with E-state index in [-0.39, 0.29) is 18.4 Å². The van der Waals surface area contributed by atoms with E-state index >= 15 is 0 Å². The largest absolute Gasteiger partial charge is 0.480 e. The third kappa shape index (κ3) is 4.70. The first-order valence-electron chi connectivity index (χ1n) is 5.32. The maximum absolute atomic E-state index is 12.9. The van der Waals surface area contributed by atoms with Crippen LogP contribution in [0.4, 0.5) is 4.39 Å². The quantitative estimate of drug-likeness (QED) is 0.652. The number of amides is 2. The van der Waals surface area contributed by atoms with Gasteiger partial charge in [0.1, 0.15) is 11.9 Å². The number of carboxylic acids is 1. The van der Waals surface area contributed by atoms with Crippen LogP contribution in [0, 0.1) is 5.82 Å². The van der Waals surface area contributed by atoms with Crippen molar-refractivity contribution in [1.82, 2.24) is 10.3 Å². The van der Waals surface area contributed by atoms with Crippen LogP contribution in [0.1, 0.15) is 23.2 Å². The molecule has 1 aromatic rings. The summed E-state index contributed by atoms with van der Waals surface area (Å²) >= 11 is 0. The van der Waals surface area contributed by atoms with E-state index in [0.717, 1.165) is 18.5 Å². The van der Waals surface area contributed by atoms with Crippen LogP contribution in [0.3, 0.4) is 0 Å². The summed E-state index contributed by atoms with van der Waals surface area (Å²) in [7, 11) is 0. The fraction of sp³-hybridized carbons (Fsp3) is 0.273. The summed E-state index contributed by atoms with van der Waals surface area (Å²) in [6.07, 6.45) is 1.70. The average Bonchev–Trinajstić information content (AvgIpc) is 2.33. The van der Waals surface area contributed by atoms with Gasteiger partial charge in [-0.2, -0.15) is 0 Å². The van der Waals surface area contributed by atoms with Gasteiger partial charge in [0.2, 0.25) is 5.91 Å². The fourth-order valence-electron chi connectivity index (χ4n) is 1.32. The van der Waals surface area contributed by atoms with Crippen LogP contribution in [-0.2, 0) is 9.59 Å². The highest BCUT2D eigenvalue weighted by Crippen LogP contribution is 2.03. The first kappa shape index (κ1) is 14.6. The standard InChI is InChI=1S/C11H12FN3O4/c12-7-3-6(4-14-5-7)10(17)15-8(11(18)19)1-2-9(13)16/h3-5,8H,1-2H2,(H2,13,16)(H,15,17)(H,18,19). The summed E-state index contributed by atoms with van der Waals surface area (Å²) in [6.45, 7) is 0. The molecule has 0 aromatic carbocycles. The zero-order valence-corrected chi connectivity index (χ0v) is 9.80. The molecule has 102 valence electrons. The first-order valence-corrected chi connectivity index (χ1v) is 5.32. The highest BCUT2D eigenvalue weighted by Gasteiger charge is 2.21. The summed E-state index contributed by atoms with van der Waals surface area (Å²) in [4.78, 5) is 36.6. The van der Waals surface area contributed by atoms with Crippen LogP contribution >= 0.6 is 0 Å². The third-order valence-electron chi connectivity index (χ3n) is 2.25. The average molecular weight is 269 g/mol. The molecule has 0 bridgehead atoms. The minimum atomic E-state index is -1.31. The van der Waals surface area contributed by atoms with Gasteiger partial charge in [0.05, 0.1) is 11.8 Å². The Labute approximate surface area is 107 Å². The first-order chi connectivity index (χ1) is 8.90. The van der Waals surface area contributed by atoms with E-state index < -0.39 is 29.6 Å². The minimum absolute atomic E-state index is 0.106. The third-order valence-corrected chi connectivity index (χ3v) is 2.25. The second kappa shape index (κ2) is 6.43. The molecular formula is C11H12FN3O4. The zero-order chi connectivity index (χ0) is 14.4. The lowest BCUT2D eigenvalue weighted by Gasteiger charge is -2.13. The molecule has 0 radical (unpaired) electrons. The van der Waals surface area contributed by atoms with Crippen molar-refractivity contribution in [2.45, 2.75) is 18.9 Å². The van der Waals surface area contributed by atoms with Crippen molar-refractivity contribution in [3.63, 3.8) is 0 Å². The van der Waals surface area contributed by atoms with Crippen LogP contribution in [0.25, 0.3) is 0 Å². The van der Waals surface area contributed by atoms with E-state index in [2.05, 4.69) is 10.3 Å². The summed E-state index contributed by atoms with van der Waals surface area (Å²) < 4.78 is 12.9. The molecule has 7 nitrogen and oxygen atoms in total. The number of carbonyl (C=O) groups excluding carboxylic acids is 2. The number of halogens is 1. The molecule has 0 aliphatic rings. The molecule has 1 atom stereocenters. The molecule has 1 heterocycles. The lowest BCUT2D eigenvalue weighted by atomic mass is 10.1. The van der Waals surface area contributed by atoms with Crippen LogP contribution in [-0.4, -0.2) is 33.9 Å². The molecule has 0 saturated heterocycles. The summed E-state index contributed by atoms with van der Waals surface area (Å²) in [5.41, 5.74) is 4.79. The second-order valence-corrected chi connectivity index (χ2v) is 3.76. The monoisotopic (exact) mass is 269 g/mol. The van der Waals surface area contributed by atoms with Gasteiger partial charge in [-0.1, -0.05) is 0 Å². The number of nitrogens with one attached hydrogen (secondary N) is 1. The maximum Gasteiger partial charge on any atom is 0.326 e. The van der Waals surface area contributed by atoms with Crippen LogP contribution in [0.2, 0.25) is 0 Å². The Balaban J connectivity index is 2.71.